The molecule has 0 unspecified atom stereocenters. The lowest BCUT2D eigenvalue weighted by Crippen LogP contribution is -2.03. The van der Waals surface area contributed by atoms with Crippen molar-refractivity contribution in [1.29, 1.82) is 0 Å². The first-order chi connectivity index (χ1) is 13.5. The molecule has 0 fully saturated rings. The zero-order chi connectivity index (χ0) is 19.7. The number of benzene rings is 3. The monoisotopic (exact) mass is 372 g/mol. The fourth-order valence-electron chi connectivity index (χ4n) is 3.24. The molecule has 138 valence electrons. The molecular formula is C23H17FN2O2. The minimum absolute atomic E-state index is 0.0827. The minimum atomic E-state index is -1.09. The van der Waals surface area contributed by atoms with Crippen molar-refractivity contribution in [2.24, 2.45) is 0 Å². The van der Waals surface area contributed by atoms with Gasteiger partial charge in [-0.15, -0.1) is 0 Å². The lowest BCUT2D eigenvalue weighted by molar-refractivity contribution is 0.0698. The maximum atomic E-state index is 13.4. The SMILES string of the molecule is Cc1cccc(-n2nc(-c3ccc(F)cc3)c(C(=O)O)c2-c2ccccc2)c1. The first kappa shape index (κ1) is 17.7. The van der Waals surface area contributed by atoms with E-state index in [-0.39, 0.29) is 11.4 Å². The maximum Gasteiger partial charge on any atom is 0.340 e. The highest BCUT2D eigenvalue weighted by atomic mass is 19.1. The Hall–Kier alpha value is -3.73. The van der Waals surface area contributed by atoms with E-state index < -0.39 is 5.97 Å². The number of aryl methyl sites for hydroxylation is 1. The van der Waals surface area contributed by atoms with E-state index in [4.69, 9.17) is 0 Å². The van der Waals surface area contributed by atoms with Crippen LogP contribution in [0.5, 0.6) is 0 Å². The molecule has 1 N–H and O–H groups in total. The number of carboxylic acids is 1. The molecule has 0 saturated heterocycles. The van der Waals surface area contributed by atoms with Crippen molar-refractivity contribution < 1.29 is 14.3 Å². The highest BCUT2D eigenvalue weighted by molar-refractivity contribution is 6.01. The average molecular weight is 372 g/mol. The molecule has 4 rings (SSSR count). The van der Waals surface area contributed by atoms with Crippen molar-refractivity contribution in [3.05, 3.63) is 95.8 Å². The third kappa shape index (κ3) is 3.18. The summed E-state index contributed by atoms with van der Waals surface area (Å²) in [7, 11) is 0. The molecule has 0 bridgehead atoms. The second-order valence-corrected chi connectivity index (χ2v) is 6.50. The van der Waals surface area contributed by atoms with Gasteiger partial charge in [-0.1, -0.05) is 42.5 Å². The Balaban J connectivity index is 2.06. The van der Waals surface area contributed by atoms with E-state index in [1.807, 2.05) is 61.5 Å². The molecule has 4 nitrogen and oxygen atoms in total. The summed E-state index contributed by atoms with van der Waals surface area (Å²) in [5, 5.41) is 14.6. The van der Waals surface area contributed by atoms with Crippen LogP contribution in [-0.2, 0) is 0 Å². The normalized spacial score (nSPS) is 10.8. The molecule has 1 aromatic heterocycles. The second kappa shape index (κ2) is 7.12. The van der Waals surface area contributed by atoms with Crippen LogP contribution in [-0.4, -0.2) is 20.9 Å². The van der Waals surface area contributed by atoms with Crippen molar-refractivity contribution in [3.63, 3.8) is 0 Å². The lowest BCUT2D eigenvalue weighted by atomic mass is 10.0. The van der Waals surface area contributed by atoms with Crippen LogP contribution >= 0.6 is 0 Å². The van der Waals surface area contributed by atoms with E-state index in [0.29, 0.717) is 17.0 Å². The molecule has 4 aromatic rings. The zero-order valence-corrected chi connectivity index (χ0v) is 15.1. The first-order valence-corrected chi connectivity index (χ1v) is 8.79. The fraction of sp³-hybridized carbons (Fsp3) is 0.0435. The van der Waals surface area contributed by atoms with Crippen LogP contribution in [0.25, 0.3) is 28.2 Å². The van der Waals surface area contributed by atoms with Crippen LogP contribution in [0.1, 0.15) is 15.9 Å². The zero-order valence-electron chi connectivity index (χ0n) is 15.1. The summed E-state index contributed by atoms with van der Waals surface area (Å²) in [6.45, 7) is 1.97. The van der Waals surface area contributed by atoms with Gasteiger partial charge in [0, 0.05) is 11.1 Å². The molecule has 0 aliphatic carbocycles. The number of nitrogens with zero attached hydrogens (tertiary/aromatic N) is 2. The molecule has 0 aliphatic rings. The van der Waals surface area contributed by atoms with Gasteiger partial charge in [-0.2, -0.15) is 5.10 Å². The van der Waals surface area contributed by atoms with Gasteiger partial charge >= 0.3 is 5.97 Å². The van der Waals surface area contributed by atoms with E-state index in [9.17, 15) is 14.3 Å². The van der Waals surface area contributed by atoms with E-state index in [0.717, 1.165) is 16.8 Å². The van der Waals surface area contributed by atoms with Gasteiger partial charge in [-0.05, 0) is 48.9 Å². The van der Waals surface area contributed by atoms with E-state index in [2.05, 4.69) is 5.10 Å². The summed E-state index contributed by atoms with van der Waals surface area (Å²) in [5.41, 5.74) is 3.94. The van der Waals surface area contributed by atoms with E-state index in [1.165, 1.54) is 12.1 Å². The summed E-state index contributed by atoms with van der Waals surface area (Å²) in [5.74, 6) is -1.47. The van der Waals surface area contributed by atoms with Crippen molar-refractivity contribution in [1.82, 2.24) is 9.78 Å². The van der Waals surface area contributed by atoms with Crippen molar-refractivity contribution in [2.45, 2.75) is 6.92 Å². The van der Waals surface area contributed by atoms with Crippen LogP contribution in [0, 0.1) is 12.7 Å². The molecule has 5 heteroatoms. The number of hydrogen-bond acceptors (Lipinski definition) is 2. The van der Waals surface area contributed by atoms with Gasteiger partial charge in [0.25, 0.3) is 0 Å². The van der Waals surface area contributed by atoms with Crippen molar-refractivity contribution >= 4 is 5.97 Å². The highest BCUT2D eigenvalue weighted by Gasteiger charge is 2.26. The van der Waals surface area contributed by atoms with Crippen molar-refractivity contribution in [3.8, 4) is 28.2 Å². The summed E-state index contributed by atoms with van der Waals surface area (Å²) >= 11 is 0. The minimum Gasteiger partial charge on any atom is -0.478 e. The Morgan fingerprint density at radius 3 is 2.29 bits per heavy atom. The quantitative estimate of drug-likeness (QED) is 0.525. The summed E-state index contributed by atoms with van der Waals surface area (Å²) < 4.78 is 15.0. The van der Waals surface area contributed by atoms with E-state index >= 15 is 0 Å². The molecule has 3 aromatic carbocycles. The predicted molar refractivity (Wildman–Crippen MR) is 106 cm³/mol. The lowest BCUT2D eigenvalue weighted by Gasteiger charge is -2.09. The molecule has 1 heterocycles. The molecule has 0 aliphatic heterocycles. The number of carbonyl (C=O) groups is 1. The number of halogens is 1. The highest BCUT2D eigenvalue weighted by Crippen LogP contribution is 2.34. The molecule has 0 spiro atoms. The summed E-state index contributed by atoms with van der Waals surface area (Å²) in [6.07, 6.45) is 0. The molecule has 0 amide bonds. The number of rotatable bonds is 4. The van der Waals surface area contributed by atoms with Crippen LogP contribution in [0.3, 0.4) is 0 Å². The van der Waals surface area contributed by atoms with Crippen LogP contribution in [0.2, 0.25) is 0 Å². The smallest absolute Gasteiger partial charge is 0.340 e. The Kier molecular flexibility index (Phi) is 4.49. The number of aromatic carboxylic acids is 1. The Morgan fingerprint density at radius 1 is 0.929 bits per heavy atom. The van der Waals surface area contributed by atoms with Crippen LogP contribution in [0.15, 0.2) is 78.9 Å². The fourth-order valence-corrected chi connectivity index (χ4v) is 3.24. The van der Waals surface area contributed by atoms with Crippen molar-refractivity contribution in [2.75, 3.05) is 0 Å². The van der Waals surface area contributed by atoms with Gasteiger partial charge in [-0.25, -0.2) is 13.9 Å². The van der Waals surface area contributed by atoms with Crippen LogP contribution < -0.4 is 0 Å². The Labute approximate surface area is 161 Å². The molecular weight excluding hydrogens is 355 g/mol. The van der Waals surface area contributed by atoms with Gasteiger partial charge in [0.1, 0.15) is 17.1 Å². The van der Waals surface area contributed by atoms with Gasteiger partial charge < -0.3 is 5.11 Å². The number of hydrogen-bond donors (Lipinski definition) is 1. The topological polar surface area (TPSA) is 55.1 Å². The molecule has 0 radical (unpaired) electrons. The van der Waals surface area contributed by atoms with Gasteiger partial charge in [0.15, 0.2) is 0 Å². The second-order valence-electron chi connectivity index (χ2n) is 6.50. The molecule has 0 atom stereocenters. The number of aromatic nitrogens is 2. The standard InChI is InChI=1S/C23H17FN2O2/c1-15-6-5-9-19(14-15)26-22(17-7-3-2-4-8-17)20(23(27)28)21(25-26)16-10-12-18(24)13-11-16/h2-14H,1H3,(H,27,28). The predicted octanol–water partition coefficient (Wildman–Crippen LogP) is 5.35. The van der Waals surface area contributed by atoms with Gasteiger partial charge in [-0.3, -0.25) is 0 Å². The van der Waals surface area contributed by atoms with Gasteiger partial charge in [0.2, 0.25) is 0 Å². The summed E-state index contributed by atoms with van der Waals surface area (Å²) in [6, 6.07) is 22.7. The third-order valence-electron chi connectivity index (χ3n) is 4.51. The molecule has 28 heavy (non-hydrogen) atoms. The molecule has 0 saturated carbocycles. The Morgan fingerprint density at radius 2 is 1.64 bits per heavy atom. The van der Waals surface area contributed by atoms with Crippen LogP contribution in [0.4, 0.5) is 4.39 Å². The third-order valence-corrected chi connectivity index (χ3v) is 4.51. The first-order valence-electron chi connectivity index (χ1n) is 8.79. The maximum absolute atomic E-state index is 13.4. The average Bonchev–Trinajstić information content (AvgIpc) is 3.10. The largest absolute Gasteiger partial charge is 0.478 e. The Bertz CT molecular complexity index is 1150. The van der Waals surface area contributed by atoms with Gasteiger partial charge in [0.05, 0.1) is 11.4 Å². The number of carboxylic acid groups (broad SMARTS) is 1. The summed E-state index contributed by atoms with van der Waals surface area (Å²) in [4.78, 5) is 12.2. The van der Waals surface area contributed by atoms with E-state index in [1.54, 1.807) is 16.8 Å².